The lowest BCUT2D eigenvalue weighted by molar-refractivity contribution is 0.571. The van der Waals surface area contributed by atoms with Crippen LogP contribution in [0.2, 0.25) is 5.02 Å². The van der Waals surface area contributed by atoms with Gasteiger partial charge in [0.25, 0.3) is 10.0 Å². The highest BCUT2D eigenvalue weighted by Gasteiger charge is 2.21. The maximum absolute atomic E-state index is 12.1. The van der Waals surface area contributed by atoms with Crippen molar-refractivity contribution in [1.82, 2.24) is 9.71 Å². The second-order valence-corrected chi connectivity index (χ2v) is 6.00. The molecule has 0 aliphatic rings. The Labute approximate surface area is 121 Å². The number of hydrogen-bond donors (Lipinski definition) is 1. The maximum Gasteiger partial charge on any atom is 0.259 e. The molecule has 1 atom stereocenters. The van der Waals surface area contributed by atoms with Gasteiger partial charge in [-0.15, -0.1) is 0 Å². The second-order valence-electron chi connectivity index (χ2n) is 3.90. The molecule has 5 nitrogen and oxygen atoms in total. The van der Waals surface area contributed by atoms with Gasteiger partial charge in [-0.3, -0.25) is 0 Å². The van der Waals surface area contributed by atoms with E-state index in [2.05, 4.69) is 9.71 Å². The number of nitrogens with one attached hydrogen (secondary N) is 1. The zero-order chi connectivity index (χ0) is 14.6. The molecular formula is C13H10ClN3O2S. The third kappa shape index (κ3) is 3.33. The van der Waals surface area contributed by atoms with E-state index in [1.54, 1.807) is 36.4 Å². The monoisotopic (exact) mass is 307 g/mol. The van der Waals surface area contributed by atoms with Crippen LogP contribution in [-0.4, -0.2) is 13.4 Å². The number of rotatable bonds is 4. The minimum absolute atomic E-state index is 0.130. The first-order valence-electron chi connectivity index (χ1n) is 5.61. The van der Waals surface area contributed by atoms with Gasteiger partial charge in [-0.25, -0.2) is 13.4 Å². The van der Waals surface area contributed by atoms with Crippen molar-refractivity contribution in [2.24, 2.45) is 0 Å². The number of nitrogens with zero attached hydrogens (tertiary/aromatic N) is 2. The number of aromatic nitrogens is 1. The fourth-order valence-corrected chi connectivity index (χ4v) is 2.75. The van der Waals surface area contributed by atoms with Gasteiger partial charge in [0.2, 0.25) is 0 Å². The van der Waals surface area contributed by atoms with Crippen molar-refractivity contribution in [3.05, 3.63) is 59.2 Å². The summed E-state index contributed by atoms with van der Waals surface area (Å²) < 4.78 is 26.5. The van der Waals surface area contributed by atoms with Crippen molar-refractivity contribution in [1.29, 1.82) is 5.26 Å². The van der Waals surface area contributed by atoms with Gasteiger partial charge in [0.15, 0.2) is 5.03 Å². The van der Waals surface area contributed by atoms with Gasteiger partial charge in [-0.2, -0.15) is 9.98 Å². The van der Waals surface area contributed by atoms with Gasteiger partial charge >= 0.3 is 0 Å². The Balaban J connectivity index is 2.27. The van der Waals surface area contributed by atoms with Crippen LogP contribution in [0.15, 0.2) is 53.7 Å². The van der Waals surface area contributed by atoms with Crippen molar-refractivity contribution in [2.45, 2.75) is 11.1 Å². The van der Waals surface area contributed by atoms with E-state index in [0.717, 1.165) is 0 Å². The molecule has 0 bridgehead atoms. The predicted molar refractivity (Wildman–Crippen MR) is 74.4 cm³/mol. The number of hydrogen-bond acceptors (Lipinski definition) is 4. The molecule has 1 aromatic carbocycles. The highest BCUT2D eigenvalue weighted by Crippen LogP contribution is 2.18. The van der Waals surface area contributed by atoms with E-state index in [1.165, 1.54) is 12.3 Å². The molecule has 20 heavy (non-hydrogen) atoms. The average molecular weight is 308 g/mol. The Morgan fingerprint density at radius 1 is 1.20 bits per heavy atom. The van der Waals surface area contributed by atoms with Crippen LogP contribution < -0.4 is 4.72 Å². The molecular weight excluding hydrogens is 298 g/mol. The van der Waals surface area contributed by atoms with E-state index in [0.29, 0.717) is 10.6 Å². The van der Waals surface area contributed by atoms with Crippen LogP contribution in [0.3, 0.4) is 0 Å². The lowest BCUT2D eigenvalue weighted by Crippen LogP contribution is -2.28. The molecule has 0 spiro atoms. The van der Waals surface area contributed by atoms with Crippen molar-refractivity contribution in [2.75, 3.05) is 0 Å². The lowest BCUT2D eigenvalue weighted by Gasteiger charge is -2.12. The molecule has 2 aromatic rings. The second kappa shape index (κ2) is 6.01. The minimum atomic E-state index is -3.85. The largest absolute Gasteiger partial charge is 0.259 e. The Hall–Kier alpha value is -1.94. The van der Waals surface area contributed by atoms with Crippen molar-refractivity contribution in [3.63, 3.8) is 0 Å². The van der Waals surface area contributed by atoms with E-state index < -0.39 is 16.1 Å². The van der Waals surface area contributed by atoms with Crippen LogP contribution in [0.4, 0.5) is 0 Å². The Bertz CT molecular complexity index is 724. The van der Waals surface area contributed by atoms with Crippen LogP contribution in [-0.2, 0) is 10.0 Å². The highest BCUT2D eigenvalue weighted by atomic mass is 35.5. The van der Waals surface area contributed by atoms with E-state index in [-0.39, 0.29) is 5.03 Å². The summed E-state index contributed by atoms with van der Waals surface area (Å²) in [5, 5.41) is 9.51. The smallest absolute Gasteiger partial charge is 0.243 e. The van der Waals surface area contributed by atoms with Crippen LogP contribution in [0.5, 0.6) is 0 Å². The number of halogens is 1. The molecule has 7 heteroatoms. The third-order valence-electron chi connectivity index (χ3n) is 2.52. The number of pyridine rings is 1. The SMILES string of the molecule is N#C[C@H](NS(=O)(=O)c1ccccn1)c1ccc(Cl)cc1. The van der Waals surface area contributed by atoms with E-state index >= 15 is 0 Å². The summed E-state index contributed by atoms with van der Waals surface area (Å²) in [6.07, 6.45) is 1.37. The fraction of sp³-hybridized carbons (Fsp3) is 0.0769. The van der Waals surface area contributed by atoms with Gasteiger partial charge in [0.1, 0.15) is 6.04 Å². The molecule has 0 unspecified atom stereocenters. The van der Waals surface area contributed by atoms with E-state index in [1.807, 2.05) is 6.07 Å². The van der Waals surface area contributed by atoms with E-state index in [9.17, 15) is 8.42 Å². The van der Waals surface area contributed by atoms with E-state index in [4.69, 9.17) is 16.9 Å². The summed E-state index contributed by atoms with van der Waals surface area (Å²) in [4.78, 5) is 3.76. The zero-order valence-corrected chi connectivity index (χ0v) is 11.8. The number of benzene rings is 1. The van der Waals surface area contributed by atoms with Gasteiger partial charge in [0, 0.05) is 11.2 Å². The molecule has 2 rings (SSSR count). The molecule has 102 valence electrons. The molecule has 1 heterocycles. The molecule has 0 amide bonds. The van der Waals surface area contributed by atoms with Crippen molar-refractivity contribution in [3.8, 4) is 6.07 Å². The van der Waals surface area contributed by atoms with Gasteiger partial charge in [0.05, 0.1) is 6.07 Å². The molecule has 0 aliphatic heterocycles. The fourth-order valence-electron chi connectivity index (χ4n) is 1.55. The highest BCUT2D eigenvalue weighted by molar-refractivity contribution is 7.89. The summed E-state index contributed by atoms with van der Waals surface area (Å²) in [5.74, 6) is 0. The summed E-state index contributed by atoms with van der Waals surface area (Å²) in [6, 6.07) is 11.8. The summed E-state index contributed by atoms with van der Waals surface area (Å²) >= 11 is 5.76. The molecule has 0 saturated heterocycles. The van der Waals surface area contributed by atoms with Crippen LogP contribution >= 0.6 is 11.6 Å². The van der Waals surface area contributed by atoms with Crippen LogP contribution in [0, 0.1) is 11.3 Å². The van der Waals surface area contributed by atoms with Crippen molar-refractivity contribution >= 4 is 21.6 Å². The Morgan fingerprint density at radius 3 is 2.45 bits per heavy atom. The molecule has 0 radical (unpaired) electrons. The standard InChI is InChI=1S/C13H10ClN3O2S/c14-11-6-4-10(5-7-11)12(9-15)17-20(18,19)13-3-1-2-8-16-13/h1-8,12,17H/t12-/m0/s1. The number of sulfonamides is 1. The Kier molecular flexibility index (Phi) is 4.35. The molecule has 0 aliphatic carbocycles. The lowest BCUT2D eigenvalue weighted by atomic mass is 10.1. The third-order valence-corrected chi connectivity index (χ3v) is 4.11. The number of nitriles is 1. The summed E-state index contributed by atoms with van der Waals surface area (Å²) in [6.45, 7) is 0. The summed E-state index contributed by atoms with van der Waals surface area (Å²) in [7, 11) is -3.85. The first-order chi connectivity index (χ1) is 9.53. The van der Waals surface area contributed by atoms with Gasteiger partial charge in [-0.1, -0.05) is 29.8 Å². The summed E-state index contributed by atoms with van der Waals surface area (Å²) in [5.41, 5.74) is 0.511. The molecule has 1 N–H and O–H groups in total. The van der Waals surface area contributed by atoms with Gasteiger partial charge in [-0.05, 0) is 29.8 Å². The normalized spacial score (nSPS) is 12.6. The first kappa shape index (κ1) is 14.5. The molecule has 1 aromatic heterocycles. The van der Waals surface area contributed by atoms with Crippen LogP contribution in [0.25, 0.3) is 0 Å². The van der Waals surface area contributed by atoms with Crippen LogP contribution in [0.1, 0.15) is 11.6 Å². The maximum atomic E-state index is 12.1. The zero-order valence-electron chi connectivity index (χ0n) is 10.2. The van der Waals surface area contributed by atoms with Crippen molar-refractivity contribution < 1.29 is 8.42 Å². The first-order valence-corrected chi connectivity index (χ1v) is 7.47. The van der Waals surface area contributed by atoms with Gasteiger partial charge < -0.3 is 0 Å². The molecule has 0 saturated carbocycles. The Morgan fingerprint density at radius 2 is 1.90 bits per heavy atom. The predicted octanol–water partition coefficient (Wildman–Crippen LogP) is 2.28. The minimum Gasteiger partial charge on any atom is -0.243 e. The quantitative estimate of drug-likeness (QED) is 0.939. The average Bonchev–Trinajstić information content (AvgIpc) is 2.47. The topological polar surface area (TPSA) is 82.9 Å². The molecule has 0 fully saturated rings.